The average Bonchev–Trinajstić information content (AvgIpc) is 2.57. The van der Waals surface area contributed by atoms with E-state index in [-0.39, 0.29) is 11.6 Å². The van der Waals surface area contributed by atoms with Gasteiger partial charge >= 0.3 is 6.18 Å². The molecular formula is C13H17F3N2. The molecule has 0 radical (unpaired) electrons. The second-order valence-electron chi connectivity index (χ2n) is 5.39. The lowest BCUT2D eigenvalue weighted by atomic mass is 10.0. The van der Waals surface area contributed by atoms with Crippen LogP contribution in [0.15, 0.2) is 24.3 Å². The van der Waals surface area contributed by atoms with Crippen LogP contribution in [0.1, 0.15) is 25.8 Å². The molecule has 0 aromatic heterocycles. The zero-order valence-electron chi connectivity index (χ0n) is 10.4. The van der Waals surface area contributed by atoms with Gasteiger partial charge in [-0.2, -0.15) is 13.2 Å². The topological polar surface area (TPSA) is 24.1 Å². The van der Waals surface area contributed by atoms with Gasteiger partial charge in [0, 0.05) is 23.8 Å². The van der Waals surface area contributed by atoms with Gasteiger partial charge in [0.15, 0.2) is 0 Å². The smallest absolute Gasteiger partial charge is 0.381 e. The molecule has 1 unspecified atom stereocenters. The second-order valence-corrected chi connectivity index (χ2v) is 5.39. The number of hydrogen-bond donors (Lipinski definition) is 2. The molecule has 1 fully saturated rings. The Morgan fingerprint density at radius 2 is 2.06 bits per heavy atom. The molecule has 0 saturated carbocycles. The maximum absolute atomic E-state index is 12.6. The quantitative estimate of drug-likeness (QED) is 0.850. The van der Waals surface area contributed by atoms with E-state index in [1.807, 2.05) is 0 Å². The molecule has 1 atom stereocenters. The van der Waals surface area contributed by atoms with Crippen molar-refractivity contribution in [2.24, 2.45) is 0 Å². The molecule has 100 valence electrons. The van der Waals surface area contributed by atoms with Crippen LogP contribution >= 0.6 is 0 Å². The molecule has 2 nitrogen and oxygen atoms in total. The van der Waals surface area contributed by atoms with E-state index in [0.717, 1.165) is 25.1 Å². The van der Waals surface area contributed by atoms with Crippen molar-refractivity contribution in [2.45, 2.75) is 38.0 Å². The van der Waals surface area contributed by atoms with Crippen LogP contribution in [0.4, 0.5) is 18.9 Å². The van der Waals surface area contributed by atoms with Gasteiger partial charge in [-0.05, 0) is 38.5 Å². The highest BCUT2D eigenvalue weighted by molar-refractivity contribution is 5.47. The lowest BCUT2D eigenvalue weighted by Crippen LogP contribution is -2.31. The Balaban J connectivity index is 2.07. The highest BCUT2D eigenvalue weighted by atomic mass is 19.4. The van der Waals surface area contributed by atoms with Gasteiger partial charge in [0.2, 0.25) is 0 Å². The van der Waals surface area contributed by atoms with Crippen molar-refractivity contribution < 1.29 is 13.2 Å². The first-order chi connectivity index (χ1) is 8.26. The molecule has 1 aromatic carbocycles. The van der Waals surface area contributed by atoms with Crippen LogP contribution in [0.3, 0.4) is 0 Å². The third kappa shape index (κ3) is 3.16. The van der Waals surface area contributed by atoms with Crippen molar-refractivity contribution in [1.82, 2.24) is 5.32 Å². The molecule has 1 aliphatic rings. The van der Waals surface area contributed by atoms with Gasteiger partial charge in [0.25, 0.3) is 0 Å². The molecule has 0 aliphatic carbocycles. The third-order valence-electron chi connectivity index (χ3n) is 3.14. The minimum absolute atomic E-state index is 0.0410. The molecular weight excluding hydrogens is 241 g/mol. The molecule has 1 saturated heterocycles. The van der Waals surface area contributed by atoms with Crippen LogP contribution in [0.2, 0.25) is 0 Å². The van der Waals surface area contributed by atoms with Crippen LogP contribution in [0.25, 0.3) is 0 Å². The fourth-order valence-electron chi connectivity index (χ4n) is 2.28. The normalized spacial score (nSPS) is 23.1. The van der Waals surface area contributed by atoms with E-state index in [9.17, 15) is 13.2 Å². The molecule has 18 heavy (non-hydrogen) atoms. The summed E-state index contributed by atoms with van der Waals surface area (Å²) in [4.78, 5) is 0. The van der Waals surface area contributed by atoms with E-state index in [0.29, 0.717) is 5.69 Å². The number of rotatable bonds is 2. The van der Waals surface area contributed by atoms with Gasteiger partial charge in [0.1, 0.15) is 0 Å². The van der Waals surface area contributed by atoms with Crippen molar-refractivity contribution in [3.63, 3.8) is 0 Å². The Morgan fingerprint density at radius 3 is 2.61 bits per heavy atom. The van der Waals surface area contributed by atoms with E-state index < -0.39 is 11.7 Å². The number of anilines is 1. The minimum atomic E-state index is -4.29. The van der Waals surface area contributed by atoms with Crippen LogP contribution in [0.5, 0.6) is 0 Å². The molecule has 2 N–H and O–H groups in total. The van der Waals surface area contributed by atoms with E-state index in [2.05, 4.69) is 24.5 Å². The lowest BCUT2D eigenvalue weighted by Gasteiger charge is -2.18. The van der Waals surface area contributed by atoms with Gasteiger partial charge in [-0.3, -0.25) is 0 Å². The van der Waals surface area contributed by atoms with Gasteiger partial charge in [-0.1, -0.05) is 6.07 Å². The predicted octanol–water partition coefficient (Wildman–Crippen LogP) is 3.26. The summed E-state index contributed by atoms with van der Waals surface area (Å²) in [5.74, 6) is 0. The molecule has 1 aliphatic heterocycles. The van der Waals surface area contributed by atoms with Gasteiger partial charge in [-0.15, -0.1) is 0 Å². The predicted molar refractivity (Wildman–Crippen MR) is 65.6 cm³/mol. The Bertz CT molecular complexity index is 426. The summed E-state index contributed by atoms with van der Waals surface area (Å²) in [5, 5.41) is 6.47. The van der Waals surface area contributed by atoms with Crippen LogP contribution in [-0.2, 0) is 6.18 Å². The number of benzene rings is 1. The highest BCUT2D eigenvalue weighted by Crippen LogP contribution is 2.31. The molecule has 0 bridgehead atoms. The summed E-state index contributed by atoms with van der Waals surface area (Å²) in [6.07, 6.45) is -3.39. The van der Waals surface area contributed by atoms with Crippen molar-refractivity contribution in [3.05, 3.63) is 29.8 Å². The summed E-state index contributed by atoms with van der Waals surface area (Å²) in [6, 6.07) is 5.51. The van der Waals surface area contributed by atoms with Crippen molar-refractivity contribution in [3.8, 4) is 0 Å². The largest absolute Gasteiger partial charge is 0.416 e. The SMILES string of the molecule is CC1(C)CC(Nc2cccc(C(F)(F)F)c2)CN1. The van der Waals surface area contributed by atoms with Crippen LogP contribution in [0, 0.1) is 0 Å². The fraction of sp³-hybridized carbons (Fsp3) is 0.538. The van der Waals surface area contributed by atoms with Gasteiger partial charge < -0.3 is 10.6 Å². The van der Waals surface area contributed by atoms with Crippen molar-refractivity contribution in [1.29, 1.82) is 0 Å². The van der Waals surface area contributed by atoms with E-state index in [4.69, 9.17) is 0 Å². The molecule has 1 heterocycles. The number of hydrogen-bond acceptors (Lipinski definition) is 2. The average molecular weight is 258 g/mol. The number of halogens is 3. The zero-order valence-corrected chi connectivity index (χ0v) is 10.4. The maximum atomic E-state index is 12.6. The monoisotopic (exact) mass is 258 g/mol. The summed E-state index contributed by atoms with van der Waals surface area (Å²) < 4.78 is 37.7. The first kappa shape index (κ1) is 13.2. The summed E-state index contributed by atoms with van der Waals surface area (Å²) in [5.41, 5.74) is -0.0497. The first-order valence-corrected chi connectivity index (χ1v) is 5.95. The number of alkyl halides is 3. The first-order valence-electron chi connectivity index (χ1n) is 5.95. The molecule has 0 spiro atoms. The summed E-state index contributed by atoms with van der Waals surface area (Å²) >= 11 is 0. The fourth-order valence-corrected chi connectivity index (χ4v) is 2.28. The van der Waals surface area contributed by atoms with Gasteiger partial charge in [-0.25, -0.2) is 0 Å². The Hall–Kier alpha value is -1.23. The standard InChI is InChI=1S/C13H17F3N2/c1-12(2)7-11(8-17-12)18-10-5-3-4-9(6-10)13(14,15)16/h3-6,11,17-18H,7-8H2,1-2H3. The second kappa shape index (κ2) is 4.46. The maximum Gasteiger partial charge on any atom is 0.416 e. The lowest BCUT2D eigenvalue weighted by molar-refractivity contribution is -0.137. The summed E-state index contributed by atoms with van der Waals surface area (Å²) in [6.45, 7) is 4.94. The molecule has 0 amide bonds. The summed E-state index contributed by atoms with van der Waals surface area (Å²) in [7, 11) is 0. The molecule has 5 heteroatoms. The van der Waals surface area contributed by atoms with Crippen molar-refractivity contribution >= 4 is 5.69 Å². The van der Waals surface area contributed by atoms with Crippen LogP contribution < -0.4 is 10.6 Å². The van der Waals surface area contributed by atoms with E-state index in [1.54, 1.807) is 6.07 Å². The Morgan fingerprint density at radius 1 is 1.33 bits per heavy atom. The Kier molecular flexibility index (Phi) is 3.27. The van der Waals surface area contributed by atoms with E-state index in [1.165, 1.54) is 6.07 Å². The molecule has 2 rings (SSSR count). The van der Waals surface area contributed by atoms with Crippen LogP contribution in [-0.4, -0.2) is 18.1 Å². The third-order valence-corrected chi connectivity index (χ3v) is 3.14. The zero-order chi connectivity index (χ0) is 13.4. The molecule has 1 aromatic rings. The van der Waals surface area contributed by atoms with E-state index >= 15 is 0 Å². The van der Waals surface area contributed by atoms with Crippen molar-refractivity contribution in [2.75, 3.05) is 11.9 Å². The number of nitrogens with one attached hydrogen (secondary N) is 2. The Labute approximate surface area is 105 Å². The minimum Gasteiger partial charge on any atom is -0.381 e. The van der Waals surface area contributed by atoms with Gasteiger partial charge in [0.05, 0.1) is 5.56 Å². The highest BCUT2D eigenvalue weighted by Gasteiger charge is 2.32.